The lowest BCUT2D eigenvalue weighted by Gasteiger charge is -2.10. The number of benzene rings is 2. The molecule has 0 fully saturated rings. The summed E-state index contributed by atoms with van der Waals surface area (Å²) in [5.41, 5.74) is 1.55. The van der Waals surface area contributed by atoms with Gasteiger partial charge in [-0.25, -0.2) is 0 Å². The smallest absolute Gasteiger partial charge is 0.176 e. The maximum absolute atomic E-state index is 6.24. The molecule has 2 N–H and O–H groups in total. The average Bonchev–Trinajstić information content (AvgIpc) is 2.93. The highest BCUT2D eigenvalue weighted by Crippen LogP contribution is 2.27. The monoisotopic (exact) mass is 478 g/mol. The molecule has 3 aromatic rings. The van der Waals surface area contributed by atoms with Gasteiger partial charge in [0, 0.05) is 11.2 Å². The van der Waals surface area contributed by atoms with E-state index in [4.69, 9.17) is 70.2 Å². The molecule has 1 aromatic heterocycles. The molecule has 140 valence electrons. The Morgan fingerprint density at radius 2 is 1.67 bits per heavy atom. The van der Waals surface area contributed by atoms with Crippen LogP contribution in [0.1, 0.15) is 5.56 Å². The van der Waals surface area contributed by atoms with Gasteiger partial charge in [-0.3, -0.25) is 4.68 Å². The van der Waals surface area contributed by atoms with Gasteiger partial charge in [0.2, 0.25) is 0 Å². The SMILES string of the molecule is S=C(Nc1ccc(Cl)cc1Cl)Nc1nn(Cc2ccc(Cl)c(Cl)c2)cc1Cl. The Morgan fingerprint density at radius 1 is 0.889 bits per heavy atom. The van der Waals surface area contributed by atoms with Crippen LogP contribution < -0.4 is 10.6 Å². The number of hydrogen-bond acceptors (Lipinski definition) is 2. The molecule has 4 nitrogen and oxygen atoms in total. The highest BCUT2D eigenvalue weighted by atomic mass is 35.5. The molecule has 2 aromatic carbocycles. The largest absolute Gasteiger partial charge is 0.331 e. The third kappa shape index (κ3) is 5.41. The molecule has 0 aliphatic carbocycles. The number of aromatic nitrogens is 2. The Hall–Kier alpha value is -1.21. The Bertz CT molecular complexity index is 1000. The second kappa shape index (κ2) is 8.86. The maximum Gasteiger partial charge on any atom is 0.176 e. The van der Waals surface area contributed by atoms with Gasteiger partial charge in [0.05, 0.1) is 27.3 Å². The van der Waals surface area contributed by atoms with E-state index in [2.05, 4.69) is 15.7 Å². The van der Waals surface area contributed by atoms with E-state index >= 15 is 0 Å². The first kappa shape index (κ1) is 20.5. The zero-order chi connectivity index (χ0) is 19.6. The molecule has 27 heavy (non-hydrogen) atoms. The molecule has 0 radical (unpaired) electrons. The molecule has 10 heteroatoms. The maximum atomic E-state index is 6.24. The molecule has 1 heterocycles. The fourth-order valence-corrected chi connectivity index (χ4v) is 3.42. The summed E-state index contributed by atoms with van der Waals surface area (Å²) in [5, 5.41) is 13.0. The molecular weight excluding hydrogens is 470 g/mol. The summed E-state index contributed by atoms with van der Waals surface area (Å²) in [6, 6.07) is 10.4. The molecule has 3 rings (SSSR count). The molecule has 0 unspecified atom stereocenters. The van der Waals surface area contributed by atoms with Crippen molar-refractivity contribution >= 4 is 86.8 Å². The summed E-state index contributed by atoms with van der Waals surface area (Å²) >= 11 is 35.5. The van der Waals surface area contributed by atoms with Crippen LogP contribution in [-0.4, -0.2) is 14.9 Å². The molecule has 0 bridgehead atoms. The van der Waals surface area contributed by atoms with Gasteiger partial charge in [0.25, 0.3) is 0 Å². The van der Waals surface area contributed by atoms with Gasteiger partial charge in [-0.1, -0.05) is 64.1 Å². The van der Waals surface area contributed by atoms with Crippen LogP contribution in [0.15, 0.2) is 42.6 Å². The molecule has 0 amide bonds. The molecule has 0 spiro atoms. The Morgan fingerprint density at radius 3 is 2.37 bits per heavy atom. The summed E-state index contributed by atoms with van der Waals surface area (Å²) in [4.78, 5) is 0. The van der Waals surface area contributed by atoms with Crippen LogP contribution in [0.3, 0.4) is 0 Å². The van der Waals surface area contributed by atoms with E-state index < -0.39 is 0 Å². The van der Waals surface area contributed by atoms with E-state index in [1.165, 1.54) is 0 Å². The number of rotatable bonds is 4. The van der Waals surface area contributed by atoms with Gasteiger partial charge < -0.3 is 10.6 Å². The van der Waals surface area contributed by atoms with Crippen LogP contribution in [0, 0.1) is 0 Å². The van der Waals surface area contributed by atoms with E-state index in [-0.39, 0.29) is 0 Å². The molecular formula is C17H11Cl5N4S. The first-order valence-electron chi connectivity index (χ1n) is 7.52. The first-order valence-corrected chi connectivity index (χ1v) is 9.81. The van der Waals surface area contributed by atoms with Crippen molar-refractivity contribution in [1.29, 1.82) is 0 Å². The third-order valence-electron chi connectivity index (χ3n) is 3.46. The number of anilines is 2. The fourth-order valence-electron chi connectivity index (χ4n) is 2.24. The predicted molar refractivity (Wildman–Crippen MR) is 119 cm³/mol. The number of halogens is 5. The quantitative estimate of drug-likeness (QED) is 0.394. The Kier molecular flexibility index (Phi) is 6.74. The van der Waals surface area contributed by atoms with Crippen LogP contribution in [-0.2, 0) is 6.54 Å². The minimum Gasteiger partial charge on any atom is -0.331 e. The number of nitrogens with one attached hydrogen (secondary N) is 2. The van der Waals surface area contributed by atoms with Crippen LogP contribution in [0.4, 0.5) is 11.5 Å². The van der Waals surface area contributed by atoms with Crippen molar-refractivity contribution in [2.24, 2.45) is 0 Å². The lowest BCUT2D eigenvalue weighted by molar-refractivity contribution is 0.690. The van der Waals surface area contributed by atoms with Crippen molar-refractivity contribution in [1.82, 2.24) is 9.78 Å². The van der Waals surface area contributed by atoms with Crippen molar-refractivity contribution in [3.63, 3.8) is 0 Å². The van der Waals surface area contributed by atoms with Crippen LogP contribution >= 0.6 is 70.2 Å². The molecule has 0 aliphatic rings. The van der Waals surface area contributed by atoms with Crippen LogP contribution in [0.25, 0.3) is 0 Å². The van der Waals surface area contributed by atoms with E-state index in [1.807, 2.05) is 6.07 Å². The minimum absolute atomic E-state index is 0.293. The average molecular weight is 481 g/mol. The topological polar surface area (TPSA) is 41.9 Å². The van der Waals surface area contributed by atoms with Crippen molar-refractivity contribution in [2.45, 2.75) is 6.54 Å². The van der Waals surface area contributed by atoms with E-state index in [0.717, 1.165) is 5.56 Å². The number of thiocarbonyl (C=S) groups is 1. The second-order valence-electron chi connectivity index (χ2n) is 5.47. The van der Waals surface area contributed by atoms with Crippen molar-refractivity contribution < 1.29 is 0 Å². The number of hydrogen-bond donors (Lipinski definition) is 2. The fraction of sp³-hybridized carbons (Fsp3) is 0.0588. The highest BCUT2D eigenvalue weighted by Gasteiger charge is 2.11. The summed E-state index contributed by atoms with van der Waals surface area (Å²) in [5.74, 6) is 0.416. The molecule has 0 saturated heterocycles. The van der Waals surface area contributed by atoms with Crippen molar-refractivity contribution in [3.05, 3.63) is 73.3 Å². The van der Waals surface area contributed by atoms with E-state index in [1.54, 1.807) is 41.2 Å². The number of nitrogens with zero attached hydrogens (tertiary/aromatic N) is 2. The third-order valence-corrected chi connectivity index (χ3v) is 5.22. The first-order chi connectivity index (χ1) is 12.8. The van der Waals surface area contributed by atoms with Gasteiger partial charge in [0.1, 0.15) is 5.02 Å². The zero-order valence-corrected chi connectivity index (χ0v) is 18.0. The Balaban J connectivity index is 1.68. The standard InChI is InChI=1S/C17H11Cl5N4S/c18-10-2-4-15(13(21)6-10)23-17(27)24-16-14(22)8-26(25-16)7-9-1-3-11(19)12(20)5-9/h1-6,8H,7H2,(H2,23,24,25,27). The summed E-state index contributed by atoms with van der Waals surface area (Å²) in [6.07, 6.45) is 1.68. The molecule has 0 saturated carbocycles. The summed E-state index contributed by atoms with van der Waals surface area (Å²) < 4.78 is 1.67. The van der Waals surface area contributed by atoms with Gasteiger partial charge in [0.15, 0.2) is 10.9 Å². The lowest BCUT2D eigenvalue weighted by atomic mass is 10.2. The van der Waals surface area contributed by atoms with Crippen LogP contribution in [0.2, 0.25) is 25.1 Å². The molecule has 0 atom stereocenters. The van der Waals surface area contributed by atoms with Gasteiger partial charge in [-0.2, -0.15) is 5.10 Å². The minimum atomic E-state index is 0.293. The van der Waals surface area contributed by atoms with Crippen LogP contribution in [0.5, 0.6) is 0 Å². The Labute approximate surface area is 186 Å². The highest BCUT2D eigenvalue weighted by molar-refractivity contribution is 7.80. The van der Waals surface area contributed by atoms with Gasteiger partial charge >= 0.3 is 0 Å². The molecule has 0 aliphatic heterocycles. The summed E-state index contributed by atoms with van der Waals surface area (Å²) in [7, 11) is 0. The lowest BCUT2D eigenvalue weighted by Crippen LogP contribution is -2.20. The van der Waals surface area contributed by atoms with E-state index in [9.17, 15) is 0 Å². The van der Waals surface area contributed by atoms with Crippen molar-refractivity contribution in [3.8, 4) is 0 Å². The second-order valence-corrected chi connectivity index (χ2v) is 7.95. The van der Waals surface area contributed by atoms with E-state index in [0.29, 0.717) is 48.3 Å². The summed E-state index contributed by atoms with van der Waals surface area (Å²) in [6.45, 7) is 0.474. The predicted octanol–water partition coefficient (Wildman–Crippen LogP) is 7.01. The normalized spacial score (nSPS) is 10.7. The van der Waals surface area contributed by atoms with Crippen molar-refractivity contribution in [2.75, 3.05) is 10.6 Å². The zero-order valence-electron chi connectivity index (χ0n) is 13.4. The van der Waals surface area contributed by atoms with Gasteiger partial charge in [-0.05, 0) is 48.1 Å². The van der Waals surface area contributed by atoms with Gasteiger partial charge in [-0.15, -0.1) is 0 Å².